The second-order valence-corrected chi connectivity index (χ2v) is 5.06. The number of oxazole rings is 1. The molecule has 0 radical (unpaired) electrons. The van der Waals surface area contributed by atoms with Crippen LogP contribution in [0.3, 0.4) is 0 Å². The van der Waals surface area contributed by atoms with E-state index in [2.05, 4.69) is 10.3 Å². The third-order valence-corrected chi connectivity index (χ3v) is 3.27. The molecule has 0 saturated heterocycles. The van der Waals surface area contributed by atoms with Crippen LogP contribution in [-0.4, -0.2) is 16.4 Å². The number of rotatable bonds is 4. The fraction of sp³-hybridized carbons (Fsp3) is 0.667. The fourth-order valence-corrected chi connectivity index (χ4v) is 1.85. The van der Waals surface area contributed by atoms with Crippen LogP contribution >= 0.6 is 0 Å². The van der Waals surface area contributed by atoms with Gasteiger partial charge in [-0.15, -0.1) is 0 Å². The van der Waals surface area contributed by atoms with Gasteiger partial charge < -0.3 is 15.5 Å². The van der Waals surface area contributed by atoms with Crippen LogP contribution in [0.4, 0.5) is 0 Å². The van der Waals surface area contributed by atoms with Crippen LogP contribution in [0.5, 0.6) is 0 Å². The first kappa shape index (κ1) is 12.1. The zero-order valence-corrected chi connectivity index (χ0v) is 10.5. The van der Waals surface area contributed by atoms with Crippen molar-refractivity contribution in [3.63, 3.8) is 0 Å². The van der Waals surface area contributed by atoms with Crippen LogP contribution in [0, 0.1) is 12.8 Å². The van der Waals surface area contributed by atoms with Crippen molar-refractivity contribution in [3.05, 3.63) is 17.8 Å². The van der Waals surface area contributed by atoms with E-state index in [1.807, 2.05) is 13.8 Å². The summed E-state index contributed by atoms with van der Waals surface area (Å²) >= 11 is 0. The predicted octanol–water partition coefficient (Wildman–Crippen LogP) is 1.29. The Balaban J connectivity index is 1.98. The molecule has 1 saturated carbocycles. The molecule has 0 bridgehead atoms. The Hall–Kier alpha value is -1.36. The summed E-state index contributed by atoms with van der Waals surface area (Å²) in [5.41, 5.74) is 5.25. The van der Waals surface area contributed by atoms with E-state index in [0.717, 1.165) is 18.6 Å². The molecule has 2 rings (SSSR count). The molecule has 1 heterocycles. The van der Waals surface area contributed by atoms with Gasteiger partial charge in [0.25, 0.3) is 0 Å². The highest BCUT2D eigenvalue weighted by molar-refractivity contribution is 5.86. The lowest BCUT2D eigenvalue weighted by atomic mass is 9.96. The lowest BCUT2D eigenvalue weighted by Gasteiger charge is -2.24. The monoisotopic (exact) mass is 237 g/mol. The highest BCUT2D eigenvalue weighted by Gasteiger charge is 2.44. The minimum Gasteiger partial charge on any atom is -0.444 e. The topological polar surface area (TPSA) is 81.2 Å². The van der Waals surface area contributed by atoms with Crippen molar-refractivity contribution in [2.24, 2.45) is 11.7 Å². The van der Waals surface area contributed by atoms with Gasteiger partial charge in [0.05, 0.1) is 11.7 Å². The Bertz CT molecular complexity index is 421. The zero-order valence-electron chi connectivity index (χ0n) is 10.5. The summed E-state index contributed by atoms with van der Waals surface area (Å²) in [5, 5.41) is 2.85. The number of hydrogen-bond donors (Lipinski definition) is 2. The standard InChI is InChI=1S/C12H19N3O2/c1-7-6-14-10(17-7)8(2)15-11(16)12(3,13)9-4-5-9/h6,8-9H,4-5,13H2,1-3H3,(H,15,16). The molecule has 94 valence electrons. The van der Waals surface area contributed by atoms with Crippen LogP contribution < -0.4 is 11.1 Å². The van der Waals surface area contributed by atoms with Crippen molar-refractivity contribution in [2.45, 2.75) is 45.2 Å². The molecule has 2 unspecified atom stereocenters. The van der Waals surface area contributed by atoms with E-state index in [1.54, 1.807) is 13.1 Å². The summed E-state index contributed by atoms with van der Waals surface area (Å²) in [5.74, 6) is 1.42. The summed E-state index contributed by atoms with van der Waals surface area (Å²) in [7, 11) is 0. The molecule has 3 N–H and O–H groups in total. The summed E-state index contributed by atoms with van der Waals surface area (Å²) in [6.07, 6.45) is 3.71. The number of nitrogens with one attached hydrogen (secondary N) is 1. The molecular formula is C12H19N3O2. The van der Waals surface area contributed by atoms with Gasteiger partial charge in [-0.1, -0.05) is 0 Å². The Morgan fingerprint density at radius 3 is 2.82 bits per heavy atom. The third kappa shape index (κ3) is 2.49. The van der Waals surface area contributed by atoms with E-state index in [4.69, 9.17) is 10.2 Å². The molecule has 5 nitrogen and oxygen atoms in total. The zero-order chi connectivity index (χ0) is 12.6. The minimum atomic E-state index is -0.782. The molecular weight excluding hydrogens is 218 g/mol. The van der Waals surface area contributed by atoms with Crippen LogP contribution in [0.25, 0.3) is 0 Å². The molecule has 1 fully saturated rings. The molecule has 2 atom stereocenters. The first-order valence-electron chi connectivity index (χ1n) is 5.93. The molecule has 0 spiro atoms. The van der Waals surface area contributed by atoms with E-state index >= 15 is 0 Å². The average molecular weight is 237 g/mol. The van der Waals surface area contributed by atoms with E-state index in [-0.39, 0.29) is 11.9 Å². The smallest absolute Gasteiger partial charge is 0.240 e. The van der Waals surface area contributed by atoms with Crippen molar-refractivity contribution >= 4 is 5.91 Å². The van der Waals surface area contributed by atoms with Gasteiger partial charge >= 0.3 is 0 Å². The van der Waals surface area contributed by atoms with Crippen LogP contribution in [-0.2, 0) is 4.79 Å². The van der Waals surface area contributed by atoms with Crippen LogP contribution in [0.15, 0.2) is 10.6 Å². The number of hydrogen-bond acceptors (Lipinski definition) is 4. The first-order chi connectivity index (χ1) is 7.91. The van der Waals surface area contributed by atoms with Gasteiger partial charge in [0, 0.05) is 0 Å². The molecule has 5 heteroatoms. The highest BCUT2D eigenvalue weighted by atomic mass is 16.4. The summed E-state index contributed by atoms with van der Waals surface area (Å²) in [4.78, 5) is 16.1. The van der Waals surface area contributed by atoms with Gasteiger partial charge in [-0.2, -0.15) is 0 Å². The molecule has 0 aromatic carbocycles. The molecule has 1 aromatic rings. The quantitative estimate of drug-likeness (QED) is 0.826. The van der Waals surface area contributed by atoms with Crippen molar-refractivity contribution < 1.29 is 9.21 Å². The maximum absolute atomic E-state index is 12.0. The van der Waals surface area contributed by atoms with Gasteiger partial charge in [-0.25, -0.2) is 4.98 Å². The molecule has 1 amide bonds. The number of aryl methyl sites for hydroxylation is 1. The predicted molar refractivity (Wildman–Crippen MR) is 63.1 cm³/mol. The Morgan fingerprint density at radius 2 is 2.35 bits per heavy atom. The lowest BCUT2D eigenvalue weighted by Crippen LogP contribution is -2.53. The fourth-order valence-electron chi connectivity index (χ4n) is 1.85. The van der Waals surface area contributed by atoms with E-state index in [0.29, 0.717) is 11.8 Å². The summed E-state index contributed by atoms with van der Waals surface area (Å²) in [6, 6.07) is -0.252. The van der Waals surface area contributed by atoms with Crippen molar-refractivity contribution in [1.82, 2.24) is 10.3 Å². The Morgan fingerprint density at radius 1 is 1.71 bits per heavy atom. The molecule has 17 heavy (non-hydrogen) atoms. The molecule has 1 aliphatic rings. The second kappa shape index (κ2) is 4.14. The van der Waals surface area contributed by atoms with Gasteiger partial charge in [-0.05, 0) is 39.5 Å². The van der Waals surface area contributed by atoms with E-state index in [9.17, 15) is 4.79 Å². The SMILES string of the molecule is Cc1cnc(C(C)NC(=O)C(C)(N)C2CC2)o1. The number of aromatic nitrogens is 1. The van der Waals surface area contributed by atoms with Crippen molar-refractivity contribution in [2.75, 3.05) is 0 Å². The largest absolute Gasteiger partial charge is 0.444 e. The number of nitrogens with two attached hydrogens (primary N) is 1. The Kier molecular flexibility index (Phi) is 2.95. The van der Waals surface area contributed by atoms with E-state index in [1.165, 1.54) is 0 Å². The maximum Gasteiger partial charge on any atom is 0.240 e. The molecule has 1 aromatic heterocycles. The second-order valence-electron chi connectivity index (χ2n) is 5.06. The van der Waals surface area contributed by atoms with Crippen molar-refractivity contribution in [1.29, 1.82) is 0 Å². The van der Waals surface area contributed by atoms with Gasteiger partial charge in [0.2, 0.25) is 11.8 Å². The van der Waals surface area contributed by atoms with Crippen LogP contribution in [0.2, 0.25) is 0 Å². The minimum absolute atomic E-state index is 0.136. The maximum atomic E-state index is 12.0. The van der Waals surface area contributed by atoms with Gasteiger partial charge in [-0.3, -0.25) is 4.79 Å². The molecule has 1 aliphatic carbocycles. The summed E-state index contributed by atoms with van der Waals surface area (Å²) in [6.45, 7) is 5.45. The average Bonchev–Trinajstić information content (AvgIpc) is 3.02. The highest BCUT2D eigenvalue weighted by Crippen LogP contribution is 2.38. The number of carbonyl (C=O) groups is 1. The number of carbonyl (C=O) groups excluding carboxylic acids is 1. The lowest BCUT2D eigenvalue weighted by molar-refractivity contribution is -0.127. The number of nitrogens with zero attached hydrogens (tertiary/aromatic N) is 1. The first-order valence-corrected chi connectivity index (χ1v) is 5.93. The van der Waals surface area contributed by atoms with Gasteiger partial charge in [0.15, 0.2) is 0 Å². The Labute approximate surface area is 101 Å². The van der Waals surface area contributed by atoms with Crippen molar-refractivity contribution in [3.8, 4) is 0 Å². The van der Waals surface area contributed by atoms with Crippen LogP contribution in [0.1, 0.15) is 44.4 Å². The summed E-state index contributed by atoms with van der Waals surface area (Å²) < 4.78 is 5.37. The normalized spacial score (nSPS) is 20.7. The number of amides is 1. The van der Waals surface area contributed by atoms with Gasteiger partial charge in [0.1, 0.15) is 11.8 Å². The molecule has 0 aliphatic heterocycles. The third-order valence-electron chi connectivity index (χ3n) is 3.27. The van der Waals surface area contributed by atoms with E-state index < -0.39 is 5.54 Å².